The number of cyclic esters (lactones) is 1. The number of ether oxygens (including phenoxy) is 2. The molecule has 2 N–H and O–H groups in total. The predicted octanol–water partition coefficient (Wildman–Crippen LogP) is 3.56. The van der Waals surface area contributed by atoms with E-state index >= 15 is 0 Å². The number of nitrogens with zero attached hydrogens (tertiary/aromatic N) is 2. The van der Waals surface area contributed by atoms with Gasteiger partial charge in [0.25, 0.3) is 0 Å². The van der Waals surface area contributed by atoms with Gasteiger partial charge in [-0.2, -0.15) is 0 Å². The van der Waals surface area contributed by atoms with Gasteiger partial charge in [-0.05, 0) is 37.1 Å². The number of nitrogens with one attached hydrogen (secondary N) is 1. The van der Waals surface area contributed by atoms with Gasteiger partial charge in [0.2, 0.25) is 0 Å². The van der Waals surface area contributed by atoms with E-state index < -0.39 is 6.09 Å². The minimum absolute atomic E-state index is 0.0210. The molecule has 1 unspecified atom stereocenters. The van der Waals surface area contributed by atoms with Crippen molar-refractivity contribution in [2.75, 3.05) is 36.5 Å². The van der Waals surface area contributed by atoms with Gasteiger partial charge < -0.3 is 24.8 Å². The van der Waals surface area contributed by atoms with Crippen molar-refractivity contribution >= 4 is 23.5 Å². The van der Waals surface area contributed by atoms with E-state index in [9.17, 15) is 14.7 Å². The Bertz CT molecular complexity index is 913. The third-order valence-electron chi connectivity index (χ3n) is 5.26. The average Bonchev–Trinajstić information content (AvgIpc) is 3.41. The molecule has 4 rings (SSSR count). The van der Waals surface area contributed by atoms with Crippen molar-refractivity contribution in [3.63, 3.8) is 0 Å². The lowest BCUT2D eigenvalue weighted by Crippen LogP contribution is -2.39. The number of phenols is 1. The van der Waals surface area contributed by atoms with Crippen LogP contribution in [0.3, 0.4) is 0 Å². The first-order valence-electron chi connectivity index (χ1n) is 10.1. The number of benzene rings is 2. The Balaban J connectivity index is 1.49. The van der Waals surface area contributed by atoms with E-state index in [-0.39, 0.29) is 24.4 Å². The van der Waals surface area contributed by atoms with Crippen LogP contribution in [0.1, 0.15) is 18.4 Å². The maximum Gasteiger partial charge on any atom is 0.414 e. The van der Waals surface area contributed by atoms with Crippen molar-refractivity contribution in [1.29, 1.82) is 0 Å². The van der Waals surface area contributed by atoms with Gasteiger partial charge in [0.05, 0.1) is 19.2 Å². The Morgan fingerprint density at radius 1 is 1.20 bits per heavy atom. The minimum atomic E-state index is -0.391. The average molecular weight is 411 g/mol. The van der Waals surface area contributed by atoms with Crippen molar-refractivity contribution in [3.8, 4) is 5.75 Å². The Morgan fingerprint density at radius 3 is 2.80 bits per heavy atom. The number of aromatic hydroxyl groups is 1. The van der Waals surface area contributed by atoms with Crippen LogP contribution in [-0.2, 0) is 16.0 Å². The summed E-state index contributed by atoms with van der Waals surface area (Å²) in [6.07, 6.45) is 1.47. The zero-order valence-electron chi connectivity index (χ0n) is 16.6. The third kappa shape index (κ3) is 4.65. The summed E-state index contributed by atoms with van der Waals surface area (Å²) in [5, 5.41) is 13.0. The number of anilines is 2. The van der Waals surface area contributed by atoms with E-state index in [4.69, 9.17) is 9.47 Å². The fourth-order valence-corrected chi connectivity index (χ4v) is 3.69. The van der Waals surface area contributed by atoms with Crippen LogP contribution in [0.15, 0.2) is 48.5 Å². The van der Waals surface area contributed by atoms with Crippen molar-refractivity contribution < 1.29 is 24.2 Å². The van der Waals surface area contributed by atoms with E-state index in [0.717, 1.165) is 12.8 Å². The highest BCUT2D eigenvalue weighted by Crippen LogP contribution is 2.24. The SMILES string of the molecule is O=C(Nc1cccc(N2CCOC2=O)c1)N(Cc1ccccc1O)CC1CCCO1. The Hall–Kier alpha value is -3.26. The number of hydrogen-bond acceptors (Lipinski definition) is 5. The number of rotatable bonds is 6. The molecule has 2 aliphatic rings. The highest BCUT2D eigenvalue weighted by atomic mass is 16.6. The van der Waals surface area contributed by atoms with Gasteiger partial charge in [0, 0.05) is 30.1 Å². The molecule has 30 heavy (non-hydrogen) atoms. The topological polar surface area (TPSA) is 91.3 Å². The van der Waals surface area contributed by atoms with Crippen LogP contribution in [0.2, 0.25) is 0 Å². The van der Waals surface area contributed by atoms with Gasteiger partial charge in [-0.1, -0.05) is 24.3 Å². The summed E-state index contributed by atoms with van der Waals surface area (Å²) < 4.78 is 10.7. The molecule has 0 radical (unpaired) electrons. The van der Waals surface area contributed by atoms with Crippen LogP contribution >= 0.6 is 0 Å². The van der Waals surface area contributed by atoms with Crippen LogP contribution < -0.4 is 10.2 Å². The zero-order chi connectivity index (χ0) is 20.9. The summed E-state index contributed by atoms with van der Waals surface area (Å²) in [4.78, 5) is 28.1. The van der Waals surface area contributed by atoms with E-state index in [1.165, 1.54) is 4.90 Å². The second kappa shape index (κ2) is 9.04. The first kappa shape index (κ1) is 20.0. The number of amides is 3. The van der Waals surface area contributed by atoms with Crippen molar-refractivity contribution in [2.45, 2.75) is 25.5 Å². The Morgan fingerprint density at radius 2 is 2.07 bits per heavy atom. The summed E-state index contributed by atoms with van der Waals surface area (Å²) in [5.74, 6) is 0.150. The van der Waals surface area contributed by atoms with E-state index in [1.54, 1.807) is 47.4 Å². The molecule has 8 nitrogen and oxygen atoms in total. The lowest BCUT2D eigenvalue weighted by atomic mass is 10.1. The highest BCUT2D eigenvalue weighted by Gasteiger charge is 2.25. The second-order valence-corrected chi connectivity index (χ2v) is 7.39. The molecule has 158 valence electrons. The fourth-order valence-electron chi connectivity index (χ4n) is 3.69. The van der Waals surface area contributed by atoms with Crippen LogP contribution in [-0.4, -0.2) is 54.5 Å². The number of hydrogen-bond donors (Lipinski definition) is 2. The molecule has 0 saturated carbocycles. The van der Waals surface area contributed by atoms with Gasteiger partial charge in [-0.3, -0.25) is 4.90 Å². The molecular formula is C22H25N3O5. The van der Waals surface area contributed by atoms with Gasteiger partial charge in [-0.25, -0.2) is 9.59 Å². The van der Waals surface area contributed by atoms with Crippen molar-refractivity contribution in [3.05, 3.63) is 54.1 Å². The number of para-hydroxylation sites is 1. The molecule has 2 aromatic carbocycles. The molecule has 2 heterocycles. The summed E-state index contributed by atoms with van der Waals surface area (Å²) >= 11 is 0. The quantitative estimate of drug-likeness (QED) is 0.758. The second-order valence-electron chi connectivity index (χ2n) is 7.39. The van der Waals surface area contributed by atoms with Crippen LogP contribution in [0, 0.1) is 0 Å². The Kier molecular flexibility index (Phi) is 6.04. The molecule has 2 aromatic rings. The smallest absolute Gasteiger partial charge is 0.414 e. The minimum Gasteiger partial charge on any atom is -0.508 e. The van der Waals surface area contributed by atoms with Crippen LogP contribution in [0.4, 0.5) is 21.0 Å². The van der Waals surface area contributed by atoms with Gasteiger partial charge in [-0.15, -0.1) is 0 Å². The van der Waals surface area contributed by atoms with Crippen molar-refractivity contribution in [1.82, 2.24) is 4.90 Å². The standard InChI is InChI=1S/C22H25N3O5/c26-20-9-2-1-5-16(20)14-24(15-19-8-4-11-29-19)21(27)23-17-6-3-7-18(13-17)25-10-12-30-22(25)28/h1-3,5-7,9,13,19,26H,4,8,10-12,14-15H2,(H,23,27). The third-order valence-corrected chi connectivity index (χ3v) is 5.26. The predicted molar refractivity (Wildman–Crippen MR) is 112 cm³/mol. The number of urea groups is 1. The first-order valence-corrected chi connectivity index (χ1v) is 10.1. The van der Waals surface area contributed by atoms with E-state index in [1.807, 2.05) is 6.07 Å². The first-order chi connectivity index (χ1) is 14.6. The molecular weight excluding hydrogens is 386 g/mol. The molecule has 3 amide bonds. The van der Waals surface area contributed by atoms with Gasteiger partial charge >= 0.3 is 12.1 Å². The maximum atomic E-state index is 13.1. The Labute approximate surface area is 175 Å². The fraction of sp³-hybridized carbons (Fsp3) is 0.364. The monoisotopic (exact) mass is 411 g/mol. The molecule has 1 atom stereocenters. The maximum absolute atomic E-state index is 13.1. The van der Waals surface area contributed by atoms with Gasteiger partial charge in [0.1, 0.15) is 12.4 Å². The number of carbonyl (C=O) groups is 2. The molecule has 0 bridgehead atoms. The highest BCUT2D eigenvalue weighted by molar-refractivity contribution is 5.93. The largest absolute Gasteiger partial charge is 0.508 e. The normalized spacial score (nSPS) is 18.3. The summed E-state index contributed by atoms with van der Waals surface area (Å²) in [6, 6.07) is 13.8. The summed E-state index contributed by atoms with van der Waals surface area (Å²) in [6.45, 7) is 2.22. The molecule has 2 saturated heterocycles. The lowest BCUT2D eigenvalue weighted by molar-refractivity contribution is 0.0817. The summed E-state index contributed by atoms with van der Waals surface area (Å²) in [7, 11) is 0. The molecule has 0 spiro atoms. The molecule has 2 fully saturated rings. The van der Waals surface area contributed by atoms with E-state index in [0.29, 0.717) is 43.2 Å². The van der Waals surface area contributed by atoms with Crippen LogP contribution in [0.25, 0.3) is 0 Å². The molecule has 2 aliphatic heterocycles. The molecule has 0 aromatic heterocycles. The number of carbonyl (C=O) groups excluding carboxylic acids is 2. The number of phenolic OH excluding ortho intramolecular Hbond substituents is 1. The zero-order valence-corrected chi connectivity index (χ0v) is 16.6. The van der Waals surface area contributed by atoms with Crippen molar-refractivity contribution in [2.24, 2.45) is 0 Å². The molecule has 0 aliphatic carbocycles. The van der Waals surface area contributed by atoms with Crippen LogP contribution in [0.5, 0.6) is 5.75 Å². The van der Waals surface area contributed by atoms with Gasteiger partial charge in [0.15, 0.2) is 0 Å². The lowest BCUT2D eigenvalue weighted by Gasteiger charge is -2.26. The molecule has 8 heteroatoms. The van der Waals surface area contributed by atoms with E-state index in [2.05, 4.69) is 5.32 Å². The summed E-state index contributed by atoms with van der Waals surface area (Å²) in [5.41, 5.74) is 1.91.